The second-order valence-corrected chi connectivity index (χ2v) is 4.84. The Bertz CT molecular complexity index is 132. The van der Waals surface area contributed by atoms with Crippen LogP contribution in [0.3, 0.4) is 0 Å². The second kappa shape index (κ2) is 4.99. The van der Waals surface area contributed by atoms with Crippen molar-refractivity contribution in [1.82, 2.24) is 4.90 Å². The van der Waals surface area contributed by atoms with E-state index in [1.165, 1.54) is 71.0 Å². The second-order valence-electron chi connectivity index (χ2n) is 4.84. The molecular formula is C12H23N. The standard InChI is InChI=1S/C12H23N/c1-2-4-9-13(10-5-3-1)11-8-12-6-7-12/h12H,1-11H2. The van der Waals surface area contributed by atoms with E-state index >= 15 is 0 Å². The maximum atomic E-state index is 2.71. The fourth-order valence-electron chi connectivity index (χ4n) is 2.31. The van der Waals surface area contributed by atoms with Crippen LogP contribution in [0.2, 0.25) is 0 Å². The van der Waals surface area contributed by atoms with Gasteiger partial charge in [-0.1, -0.05) is 32.1 Å². The summed E-state index contributed by atoms with van der Waals surface area (Å²) < 4.78 is 0. The summed E-state index contributed by atoms with van der Waals surface area (Å²) in [7, 11) is 0. The van der Waals surface area contributed by atoms with Crippen LogP contribution in [0.4, 0.5) is 0 Å². The summed E-state index contributed by atoms with van der Waals surface area (Å²) in [5.74, 6) is 1.12. The Morgan fingerprint density at radius 1 is 0.846 bits per heavy atom. The van der Waals surface area contributed by atoms with E-state index in [0.29, 0.717) is 0 Å². The third kappa shape index (κ3) is 3.68. The lowest BCUT2D eigenvalue weighted by molar-refractivity contribution is 0.241. The fourth-order valence-corrected chi connectivity index (χ4v) is 2.31. The van der Waals surface area contributed by atoms with Crippen molar-refractivity contribution in [3.8, 4) is 0 Å². The summed E-state index contributed by atoms with van der Waals surface area (Å²) in [6.45, 7) is 4.16. The molecule has 2 aliphatic rings. The highest BCUT2D eigenvalue weighted by Gasteiger charge is 2.21. The van der Waals surface area contributed by atoms with E-state index in [1.54, 1.807) is 0 Å². The van der Waals surface area contributed by atoms with Gasteiger partial charge in [0.25, 0.3) is 0 Å². The minimum Gasteiger partial charge on any atom is -0.303 e. The maximum Gasteiger partial charge on any atom is -0.00161 e. The lowest BCUT2D eigenvalue weighted by atomic mass is 10.1. The van der Waals surface area contributed by atoms with E-state index in [1.807, 2.05) is 0 Å². The first kappa shape index (κ1) is 9.51. The van der Waals surface area contributed by atoms with Gasteiger partial charge in [0, 0.05) is 0 Å². The predicted molar refractivity (Wildman–Crippen MR) is 56.9 cm³/mol. The zero-order valence-electron chi connectivity index (χ0n) is 8.80. The first-order valence-electron chi connectivity index (χ1n) is 6.17. The van der Waals surface area contributed by atoms with Crippen LogP contribution in [0.5, 0.6) is 0 Å². The molecule has 1 nitrogen and oxygen atoms in total. The lowest BCUT2D eigenvalue weighted by Crippen LogP contribution is -2.28. The summed E-state index contributed by atoms with van der Waals surface area (Å²) >= 11 is 0. The third-order valence-electron chi connectivity index (χ3n) is 3.50. The van der Waals surface area contributed by atoms with Gasteiger partial charge in [-0.25, -0.2) is 0 Å². The van der Waals surface area contributed by atoms with Crippen LogP contribution in [0.1, 0.15) is 51.4 Å². The molecule has 1 saturated heterocycles. The molecule has 0 aromatic rings. The molecule has 0 spiro atoms. The van der Waals surface area contributed by atoms with Crippen molar-refractivity contribution < 1.29 is 0 Å². The normalized spacial score (nSPS) is 26.8. The number of nitrogens with zero attached hydrogens (tertiary/aromatic N) is 1. The SMILES string of the molecule is C1CCCN(CCC2CC2)CCC1. The van der Waals surface area contributed by atoms with Gasteiger partial charge in [-0.05, 0) is 44.8 Å². The van der Waals surface area contributed by atoms with Crippen LogP contribution < -0.4 is 0 Å². The largest absolute Gasteiger partial charge is 0.303 e. The molecule has 2 rings (SSSR count). The highest BCUT2D eigenvalue weighted by molar-refractivity contribution is 4.75. The van der Waals surface area contributed by atoms with Gasteiger partial charge < -0.3 is 4.90 Å². The Kier molecular flexibility index (Phi) is 3.65. The summed E-state index contributed by atoms with van der Waals surface area (Å²) in [5, 5.41) is 0. The Balaban J connectivity index is 1.62. The molecule has 0 N–H and O–H groups in total. The molecule has 13 heavy (non-hydrogen) atoms. The van der Waals surface area contributed by atoms with Crippen LogP contribution in [0.15, 0.2) is 0 Å². The van der Waals surface area contributed by atoms with Crippen molar-refractivity contribution in [2.45, 2.75) is 51.4 Å². The number of hydrogen-bond donors (Lipinski definition) is 0. The van der Waals surface area contributed by atoms with Gasteiger partial charge in [0.1, 0.15) is 0 Å². The van der Waals surface area contributed by atoms with Crippen LogP contribution >= 0.6 is 0 Å². The van der Waals surface area contributed by atoms with Crippen molar-refractivity contribution in [1.29, 1.82) is 0 Å². The van der Waals surface area contributed by atoms with Crippen LogP contribution in [-0.2, 0) is 0 Å². The van der Waals surface area contributed by atoms with E-state index in [9.17, 15) is 0 Å². The molecule has 2 fully saturated rings. The Morgan fingerprint density at radius 2 is 1.46 bits per heavy atom. The number of hydrogen-bond acceptors (Lipinski definition) is 1. The minimum absolute atomic E-state index is 1.12. The van der Waals surface area contributed by atoms with E-state index in [2.05, 4.69) is 4.90 Å². The van der Waals surface area contributed by atoms with Gasteiger partial charge >= 0.3 is 0 Å². The highest BCUT2D eigenvalue weighted by atomic mass is 15.1. The first-order valence-corrected chi connectivity index (χ1v) is 6.17. The molecule has 1 heterocycles. The molecule has 1 aliphatic heterocycles. The Morgan fingerprint density at radius 3 is 2.08 bits per heavy atom. The number of likely N-dealkylation sites (tertiary alicyclic amines) is 1. The van der Waals surface area contributed by atoms with Crippen molar-refractivity contribution in [3.63, 3.8) is 0 Å². The van der Waals surface area contributed by atoms with Gasteiger partial charge in [0.15, 0.2) is 0 Å². The Hall–Kier alpha value is -0.0400. The quantitative estimate of drug-likeness (QED) is 0.647. The zero-order valence-corrected chi connectivity index (χ0v) is 8.80. The van der Waals surface area contributed by atoms with Gasteiger partial charge in [0.2, 0.25) is 0 Å². The van der Waals surface area contributed by atoms with E-state index < -0.39 is 0 Å². The molecule has 0 aromatic carbocycles. The lowest BCUT2D eigenvalue weighted by Gasteiger charge is -2.24. The van der Waals surface area contributed by atoms with Gasteiger partial charge in [-0.3, -0.25) is 0 Å². The monoisotopic (exact) mass is 181 g/mol. The number of rotatable bonds is 3. The first-order chi connectivity index (χ1) is 6.45. The zero-order chi connectivity index (χ0) is 8.93. The molecule has 0 unspecified atom stereocenters. The highest BCUT2D eigenvalue weighted by Crippen LogP contribution is 2.32. The molecule has 1 saturated carbocycles. The van der Waals surface area contributed by atoms with Crippen molar-refractivity contribution in [3.05, 3.63) is 0 Å². The molecule has 76 valence electrons. The van der Waals surface area contributed by atoms with Crippen LogP contribution in [0, 0.1) is 5.92 Å². The third-order valence-corrected chi connectivity index (χ3v) is 3.50. The maximum absolute atomic E-state index is 2.71. The van der Waals surface area contributed by atoms with Gasteiger partial charge in [-0.15, -0.1) is 0 Å². The Labute approximate surface area is 82.5 Å². The molecule has 0 radical (unpaired) electrons. The average molecular weight is 181 g/mol. The molecule has 1 heteroatoms. The van der Waals surface area contributed by atoms with Gasteiger partial charge in [0.05, 0.1) is 0 Å². The van der Waals surface area contributed by atoms with Crippen LogP contribution in [0.25, 0.3) is 0 Å². The van der Waals surface area contributed by atoms with Crippen molar-refractivity contribution in [2.24, 2.45) is 5.92 Å². The summed E-state index contributed by atoms with van der Waals surface area (Å²) in [6.07, 6.45) is 11.9. The van der Waals surface area contributed by atoms with Crippen molar-refractivity contribution >= 4 is 0 Å². The minimum atomic E-state index is 1.12. The van der Waals surface area contributed by atoms with E-state index in [-0.39, 0.29) is 0 Å². The van der Waals surface area contributed by atoms with Crippen molar-refractivity contribution in [2.75, 3.05) is 19.6 Å². The average Bonchev–Trinajstić information content (AvgIpc) is 2.85. The molecule has 1 aliphatic carbocycles. The van der Waals surface area contributed by atoms with Crippen LogP contribution in [-0.4, -0.2) is 24.5 Å². The van der Waals surface area contributed by atoms with E-state index in [4.69, 9.17) is 0 Å². The summed E-state index contributed by atoms with van der Waals surface area (Å²) in [4.78, 5) is 2.71. The molecule has 0 amide bonds. The summed E-state index contributed by atoms with van der Waals surface area (Å²) in [5.41, 5.74) is 0. The summed E-state index contributed by atoms with van der Waals surface area (Å²) in [6, 6.07) is 0. The smallest absolute Gasteiger partial charge is 0.00161 e. The topological polar surface area (TPSA) is 3.24 Å². The molecule has 0 aromatic heterocycles. The van der Waals surface area contributed by atoms with E-state index in [0.717, 1.165) is 5.92 Å². The fraction of sp³-hybridized carbons (Fsp3) is 1.00. The van der Waals surface area contributed by atoms with Gasteiger partial charge in [-0.2, -0.15) is 0 Å². The molecule has 0 atom stereocenters. The predicted octanol–water partition coefficient (Wildman–Crippen LogP) is 3.05. The molecule has 0 bridgehead atoms. The molecular weight excluding hydrogens is 158 g/mol.